The molecule has 3 saturated carbocycles. The number of hydrogen-bond acceptors (Lipinski definition) is 19. The number of esters is 9. The maximum absolute atomic E-state index is 13.4. The Morgan fingerprint density at radius 3 is 1.21 bits per heavy atom. The van der Waals surface area contributed by atoms with E-state index in [9.17, 15) is 43.2 Å². The van der Waals surface area contributed by atoms with Crippen molar-refractivity contribution in [1.29, 1.82) is 0 Å². The SMILES string of the molecule is C=CC(=O)OCCOC(=O)C1CCC(C(=O)Oc2ccc(OC(=O)C3CCC(C(=O)Oc4ccc(OC(=O)C5CCC(C(=O)OCCCCOC(C)C=C)CC5)cc4C(=O)OC)CC3)c(C(=O)OC)c2)CC1. The molecule has 2 aromatic carbocycles. The van der Waals surface area contributed by atoms with Crippen molar-refractivity contribution in [2.24, 2.45) is 35.5 Å². The average molecular weight is 1010 g/mol. The van der Waals surface area contributed by atoms with Gasteiger partial charge in [0.1, 0.15) is 47.3 Å². The standard InChI is InChI=1S/C53H64O19/c1-6-32(3)65-26-8-9-27-67-46(55)33-10-14-35(15-11-33)48(57)69-39-22-24-43(41(30-39)52(61)63-4)71-50(59)37-18-20-38(21-19-37)51(60)72-44-25-23-40(31-42(44)53(62)64-5)70-49(58)36-16-12-34(13-17-36)47(56)68-29-28-66-45(54)7-2/h6-7,22-25,30-38H,1-2,8-21,26-29H2,3-5H3. The van der Waals surface area contributed by atoms with Gasteiger partial charge in [0.05, 0.1) is 62.4 Å². The summed E-state index contributed by atoms with van der Waals surface area (Å²) in [7, 11) is 2.30. The van der Waals surface area contributed by atoms with Crippen LogP contribution in [0.4, 0.5) is 0 Å². The fraction of sp³-hybridized carbons (Fsp3) is 0.528. The lowest BCUT2D eigenvalue weighted by atomic mass is 9.82. The molecule has 390 valence electrons. The van der Waals surface area contributed by atoms with E-state index in [1.165, 1.54) is 36.4 Å². The number of hydrogen-bond donors (Lipinski definition) is 0. The van der Waals surface area contributed by atoms with E-state index < -0.39 is 77.3 Å². The fourth-order valence-corrected chi connectivity index (χ4v) is 8.63. The molecule has 19 nitrogen and oxygen atoms in total. The molecule has 0 aliphatic heterocycles. The number of benzene rings is 2. The monoisotopic (exact) mass is 1000 g/mol. The van der Waals surface area contributed by atoms with Gasteiger partial charge in [-0.2, -0.15) is 0 Å². The zero-order valence-electron chi connectivity index (χ0n) is 41.1. The second-order valence-electron chi connectivity index (χ2n) is 17.9. The van der Waals surface area contributed by atoms with E-state index in [0.717, 1.165) is 26.7 Å². The van der Waals surface area contributed by atoms with Gasteiger partial charge in [0.25, 0.3) is 0 Å². The van der Waals surface area contributed by atoms with Gasteiger partial charge in [0, 0.05) is 12.7 Å². The first-order chi connectivity index (χ1) is 34.6. The number of methoxy groups -OCH3 is 2. The summed E-state index contributed by atoms with van der Waals surface area (Å²) in [6.07, 6.45) is 8.27. The molecule has 2 aromatic rings. The third-order valence-electron chi connectivity index (χ3n) is 13.0. The molecular formula is C53H64O19. The van der Waals surface area contributed by atoms with Gasteiger partial charge in [-0.15, -0.1) is 6.58 Å². The Bertz CT molecular complexity index is 2280. The molecule has 72 heavy (non-hydrogen) atoms. The third-order valence-corrected chi connectivity index (χ3v) is 13.0. The van der Waals surface area contributed by atoms with Gasteiger partial charge >= 0.3 is 53.7 Å². The van der Waals surface area contributed by atoms with Crippen molar-refractivity contribution in [3.63, 3.8) is 0 Å². The summed E-state index contributed by atoms with van der Waals surface area (Å²) in [5.74, 6) is -8.63. The second kappa shape index (κ2) is 28.2. The highest BCUT2D eigenvalue weighted by Crippen LogP contribution is 2.36. The molecule has 0 radical (unpaired) electrons. The highest BCUT2D eigenvalue weighted by molar-refractivity contribution is 5.95. The van der Waals surface area contributed by atoms with Crippen molar-refractivity contribution in [3.05, 3.63) is 72.8 Å². The Hall–Kier alpha value is -6.89. The van der Waals surface area contributed by atoms with Gasteiger partial charge in [-0.05, 0) is 133 Å². The lowest BCUT2D eigenvalue weighted by Crippen LogP contribution is -2.31. The largest absolute Gasteiger partial charge is 0.465 e. The minimum atomic E-state index is -0.848. The molecule has 0 amide bonds. The van der Waals surface area contributed by atoms with Crippen LogP contribution in [0.3, 0.4) is 0 Å². The molecule has 3 aliphatic rings. The topological polar surface area (TPSA) is 246 Å². The molecule has 0 N–H and O–H groups in total. The number of carbonyl (C=O) groups is 9. The molecular weight excluding hydrogens is 941 g/mol. The molecule has 0 saturated heterocycles. The Balaban J connectivity index is 1.06. The number of carbonyl (C=O) groups excluding carboxylic acids is 9. The van der Waals surface area contributed by atoms with Crippen LogP contribution in [0.5, 0.6) is 23.0 Å². The van der Waals surface area contributed by atoms with E-state index in [4.69, 9.17) is 47.4 Å². The molecule has 0 aromatic heterocycles. The first-order valence-corrected chi connectivity index (χ1v) is 24.3. The summed E-state index contributed by atoms with van der Waals surface area (Å²) in [4.78, 5) is 115. The van der Waals surface area contributed by atoms with Crippen LogP contribution in [0, 0.1) is 35.5 Å². The zero-order valence-corrected chi connectivity index (χ0v) is 41.1. The van der Waals surface area contributed by atoms with Crippen LogP contribution in [0.15, 0.2) is 61.7 Å². The second-order valence-corrected chi connectivity index (χ2v) is 17.9. The van der Waals surface area contributed by atoms with Gasteiger partial charge in [0.15, 0.2) is 0 Å². The highest BCUT2D eigenvalue weighted by atomic mass is 16.6. The van der Waals surface area contributed by atoms with Gasteiger partial charge in [0.2, 0.25) is 0 Å². The van der Waals surface area contributed by atoms with E-state index in [1.54, 1.807) is 6.08 Å². The van der Waals surface area contributed by atoms with E-state index in [0.29, 0.717) is 71.0 Å². The van der Waals surface area contributed by atoms with Gasteiger partial charge < -0.3 is 47.4 Å². The van der Waals surface area contributed by atoms with E-state index in [1.807, 2.05) is 6.92 Å². The predicted octanol–water partition coefficient (Wildman–Crippen LogP) is 7.19. The first kappa shape index (κ1) is 56.0. The zero-order chi connectivity index (χ0) is 52.2. The molecule has 5 rings (SSSR count). The first-order valence-electron chi connectivity index (χ1n) is 24.3. The Morgan fingerprint density at radius 1 is 0.486 bits per heavy atom. The van der Waals surface area contributed by atoms with Crippen LogP contribution in [0.2, 0.25) is 0 Å². The molecule has 19 heteroatoms. The predicted molar refractivity (Wildman–Crippen MR) is 252 cm³/mol. The maximum Gasteiger partial charge on any atom is 0.341 e. The van der Waals surface area contributed by atoms with Crippen LogP contribution in [0.25, 0.3) is 0 Å². The van der Waals surface area contributed by atoms with Crippen molar-refractivity contribution in [2.45, 2.75) is 103 Å². The van der Waals surface area contributed by atoms with Crippen LogP contribution in [0.1, 0.15) is 118 Å². The van der Waals surface area contributed by atoms with Gasteiger partial charge in [-0.3, -0.25) is 28.8 Å². The quantitative estimate of drug-likeness (QED) is 0.0267. The minimum absolute atomic E-state index is 0.0131. The summed E-state index contributed by atoms with van der Waals surface area (Å²) >= 11 is 0. The molecule has 1 atom stereocenters. The smallest absolute Gasteiger partial charge is 0.341 e. The van der Waals surface area contributed by atoms with Crippen molar-refractivity contribution in [3.8, 4) is 23.0 Å². The molecule has 0 heterocycles. The van der Waals surface area contributed by atoms with Crippen LogP contribution in [-0.2, 0) is 62.0 Å². The third kappa shape index (κ3) is 16.6. The molecule has 0 spiro atoms. The number of ether oxygens (including phenoxy) is 10. The Morgan fingerprint density at radius 2 is 0.833 bits per heavy atom. The van der Waals surface area contributed by atoms with Crippen LogP contribution in [-0.4, -0.2) is 100 Å². The summed E-state index contributed by atoms with van der Waals surface area (Å²) in [6, 6.07) is 7.93. The fourth-order valence-electron chi connectivity index (χ4n) is 8.63. The summed E-state index contributed by atoms with van der Waals surface area (Å²) in [6.45, 7) is 9.50. The number of rotatable bonds is 23. The Kier molecular flexibility index (Phi) is 22.0. The lowest BCUT2D eigenvalue weighted by Gasteiger charge is -2.26. The van der Waals surface area contributed by atoms with E-state index in [2.05, 4.69) is 13.2 Å². The van der Waals surface area contributed by atoms with E-state index >= 15 is 0 Å². The minimum Gasteiger partial charge on any atom is -0.465 e. The molecule has 3 fully saturated rings. The highest BCUT2D eigenvalue weighted by Gasteiger charge is 2.36. The molecule has 0 bridgehead atoms. The number of unbranched alkanes of at least 4 members (excludes halogenated alkanes) is 1. The maximum atomic E-state index is 13.4. The molecule has 1 unspecified atom stereocenters. The van der Waals surface area contributed by atoms with Crippen molar-refractivity contribution < 1.29 is 90.5 Å². The summed E-state index contributed by atoms with van der Waals surface area (Å²) in [5.41, 5.74) is -0.305. The summed E-state index contributed by atoms with van der Waals surface area (Å²) < 4.78 is 53.3. The van der Waals surface area contributed by atoms with E-state index in [-0.39, 0.29) is 91.0 Å². The van der Waals surface area contributed by atoms with Gasteiger partial charge in [-0.1, -0.05) is 12.7 Å². The normalized spacial score (nSPS) is 21.0. The lowest BCUT2D eigenvalue weighted by molar-refractivity contribution is -0.155. The van der Waals surface area contributed by atoms with Crippen molar-refractivity contribution in [2.75, 3.05) is 40.6 Å². The van der Waals surface area contributed by atoms with Gasteiger partial charge in [-0.25, -0.2) is 14.4 Å². The Labute approximate surface area is 418 Å². The van der Waals surface area contributed by atoms with Crippen molar-refractivity contribution >= 4 is 53.7 Å². The van der Waals surface area contributed by atoms with Crippen LogP contribution >= 0.6 is 0 Å². The van der Waals surface area contributed by atoms with Crippen LogP contribution < -0.4 is 18.9 Å². The van der Waals surface area contributed by atoms with Crippen molar-refractivity contribution in [1.82, 2.24) is 0 Å². The molecule has 3 aliphatic carbocycles. The summed E-state index contributed by atoms with van der Waals surface area (Å²) in [5, 5.41) is 0. The average Bonchev–Trinajstić information content (AvgIpc) is 3.40.